The summed E-state index contributed by atoms with van der Waals surface area (Å²) >= 11 is 0. The van der Waals surface area contributed by atoms with Crippen molar-refractivity contribution in [1.29, 1.82) is 0 Å². The number of aliphatic imine (C=N–C) groups is 1. The number of nitrogens with zero attached hydrogens (tertiary/aromatic N) is 1. The van der Waals surface area contributed by atoms with Gasteiger partial charge in [0.05, 0.1) is 23.5 Å². The van der Waals surface area contributed by atoms with Crippen molar-refractivity contribution in [2.75, 3.05) is 11.9 Å². The highest BCUT2D eigenvalue weighted by Gasteiger charge is 2.13. The van der Waals surface area contributed by atoms with Crippen LogP contribution in [0.15, 0.2) is 71.0 Å². The predicted molar refractivity (Wildman–Crippen MR) is 120 cm³/mol. The Kier molecular flexibility index (Phi) is 8.51. The van der Waals surface area contributed by atoms with Gasteiger partial charge in [0.1, 0.15) is 0 Å². The van der Waals surface area contributed by atoms with E-state index < -0.39 is 18.5 Å². The third-order valence-corrected chi connectivity index (χ3v) is 4.03. The van der Waals surface area contributed by atoms with E-state index in [0.29, 0.717) is 28.4 Å². The molecule has 0 aromatic heterocycles. The fraction of sp³-hybridized carbons (Fsp3) is 0.217. The Bertz CT molecular complexity index is 1010. The van der Waals surface area contributed by atoms with Crippen LogP contribution in [-0.4, -0.2) is 30.1 Å². The molecule has 0 spiro atoms. The van der Waals surface area contributed by atoms with Gasteiger partial charge in [0.15, 0.2) is 6.61 Å². The SMILES string of the molecule is CC(=O)Nc1cccc(CC(=O)OCC(=O)NC(C(C)=Nc2ccccc2)=C(C)N)c1. The zero-order chi connectivity index (χ0) is 22.8. The quantitative estimate of drug-likeness (QED) is 0.446. The first-order chi connectivity index (χ1) is 14.7. The maximum Gasteiger partial charge on any atom is 0.310 e. The van der Waals surface area contributed by atoms with Crippen molar-refractivity contribution < 1.29 is 19.1 Å². The van der Waals surface area contributed by atoms with Crippen molar-refractivity contribution in [3.8, 4) is 0 Å². The Hall–Kier alpha value is -3.94. The third kappa shape index (κ3) is 8.14. The molecular formula is C23H26N4O4. The smallest absolute Gasteiger partial charge is 0.310 e. The maximum absolute atomic E-state index is 12.3. The summed E-state index contributed by atoms with van der Waals surface area (Å²) in [5.41, 5.74) is 9.13. The Morgan fingerprint density at radius 2 is 1.71 bits per heavy atom. The molecule has 2 rings (SSSR count). The molecule has 162 valence electrons. The maximum atomic E-state index is 12.3. The number of nitrogens with one attached hydrogen (secondary N) is 2. The minimum Gasteiger partial charge on any atom is -0.455 e. The van der Waals surface area contributed by atoms with Crippen molar-refractivity contribution >= 4 is 34.9 Å². The molecule has 31 heavy (non-hydrogen) atoms. The fourth-order valence-electron chi connectivity index (χ4n) is 2.73. The van der Waals surface area contributed by atoms with Crippen LogP contribution in [0.2, 0.25) is 0 Å². The van der Waals surface area contributed by atoms with E-state index in [1.807, 2.05) is 30.3 Å². The van der Waals surface area contributed by atoms with Crippen LogP contribution in [0.4, 0.5) is 11.4 Å². The summed E-state index contributed by atoms with van der Waals surface area (Å²) in [4.78, 5) is 39.9. The highest BCUT2D eigenvalue weighted by atomic mass is 16.5. The zero-order valence-corrected chi connectivity index (χ0v) is 17.8. The normalized spacial score (nSPS) is 11.9. The second kappa shape index (κ2) is 11.3. The van der Waals surface area contributed by atoms with E-state index in [2.05, 4.69) is 15.6 Å². The van der Waals surface area contributed by atoms with Gasteiger partial charge in [-0.15, -0.1) is 0 Å². The number of benzene rings is 2. The van der Waals surface area contributed by atoms with Crippen LogP contribution in [0.5, 0.6) is 0 Å². The molecule has 0 atom stereocenters. The van der Waals surface area contributed by atoms with Crippen molar-refractivity contribution in [1.82, 2.24) is 5.32 Å². The highest BCUT2D eigenvalue weighted by Crippen LogP contribution is 2.13. The topological polar surface area (TPSA) is 123 Å². The van der Waals surface area contributed by atoms with Crippen LogP contribution < -0.4 is 16.4 Å². The van der Waals surface area contributed by atoms with Gasteiger partial charge in [0.2, 0.25) is 5.91 Å². The molecule has 0 fully saturated rings. The van der Waals surface area contributed by atoms with Gasteiger partial charge in [-0.1, -0.05) is 30.3 Å². The first-order valence-electron chi connectivity index (χ1n) is 9.63. The summed E-state index contributed by atoms with van der Waals surface area (Å²) in [7, 11) is 0. The first kappa shape index (κ1) is 23.3. The number of ether oxygens (including phenoxy) is 1. The molecule has 0 aliphatic rings. The van der Waals surface area contributed by atoms with Gasteiger partial charge < -0.3 is 21.1 Å². The van der Waals surface area contributed by atoms with E-state index in [9.17, 15) is 14.4 Å². The van der Waals surface area contributed by atoms with Crippen LogP contribution >= 0.6 is 0 Å². The lowest BCUT2D eigenvalue weighted by Crippen LogP contribution is -2.32. The number of hydrogen-bond donors (Lipinski definition) is 3. The Balaban J connectivity index is 1.92. The van der Waals surface area contributed by atoms with Crippen LogP contribution in [-0.2, 0) is 25.5 Å². The third-order valence-electron chi connectivity index (χ3n) is 4.03. The lowest BCUT2D eigenvalue weighted by molar-refractivity contribution is -0.147. The average Bonchev–Trinajstić information content (AvgIpc) is 2.70. The van der Waals surface area contributed by atoms with Gasteiger partial charge in [-0.05, 0) is 43.7 Å². The monoisotopic (exact) mass is 422 g/mol. The molecule has 0 saturated carbocycles. The van der Waals surface area contributed by atoms with Crippen molar-refractivity contribution in [2.45, 2.75) is 27.2 Å². The highest BCUT2D eigenvalue weighted by molar-refractivity contribution is 6.03. The zero-order valence-electron chi connectivity index (χ0n) is 17.8. The molecule has 0 aliphatic heterocycles. The Morgan fingerprint density at radius 1 is 1.00 bits per heavy atom. The van der Waals surface area contributed by atoms with Crippen LogP contribution in [0.3, 0.4) is 0 Å². The minimum absolute atomic E-state index is 0.0339. The van der Waals surface area contributed by atoms with Gasteiger partial charge in [-0.25, -0.2) is 0 Å². The summed E-state index contributed by atoms with van der Waals surface area (Å²) in [6, 6.07) is 16.1. The Morgan fingerprint density at radius 3 is 2.35 bits per heavy atom. The standard InChI is InChI=1S/C23H26N4O4/c1-15(24)23(16(2)25-19-9-5-4-6-10-19)27-21(29)14-31-22(30)13-18-8-7-11-20(12-18)26-17(3)28/h4-12H,13-14,24H2,1-3H3,(H,26,28)(H,27,29). The summed E-state index contributed by atoms with van der Waals surface area (Å²) in [6.07, 6.45) is -0.0339. The summed E-state index contributed by atoms with van der Waals surface area (Å²) in [6.45, 7) is 4.32. The molecule has 0 unspecified atom stereocenters. The molecule has 0 aliphatic carbocycles. The number of hydrogen-bond acceptors (Lipinski definition) is 6. The van der Waals surface area contributed by atoms with E-state index in [0.717, 1.165) is 5.69 Å². The van der Waals surface area contributed by atoms with E-state index in [1.54, 1.807) is 38.1 Å². The molecule has 2 amide bonds. The summed E-state index contributed by atoms with van der Waals surface area (Å²) in [5.74, 6) is -1.30. The van der Waals surface area contributed by atoms with E-state index >= 15 is 0 Å². The van der Waals surface area contributed by atoms with Crippen molar-refractivity contribution in [3.63, 3.8) is 0 Å². The van der Waals surface area contributed by atoms with Gasteiger partial charge in [0.25, 0.3) is 5.91 Å². The van der Waals surface area contributed by atoms with Crippen LogP contribution in [0, 0.1) is 0 Å². The van der Waals surface area contributed by atoms with E-state index in [4.69, 9.17) is 10.5 Å². The number of carbonyl (C=O) groups is 3. The second-order valence-electron chi connectivity index (χ2n) is 6.86. The number of para-hydroxylation sites is 1. The molecule has 8 heteroatoms. The molecule has 0 saturated heterocycles. The van der Waals surface area contributed by atoms with Crippen LogP contribution in [0.25, 0.3) is 0 Å². The minimum atomic E-state index is -0.570. The fourth-order valence-corrected chi connectivity index (χ4v) is 2.73. The molecule has 4 N–H and O–H groups in total. The van der Waals surface area contributed by atoms with Gasteiger partial charge in [-0.3, -0.25) is 19.4 Å². The first-order valence-corrected chi connectivity index (χ1v) is 9.63. The molecule has 0 radical (unpaired) electrons. The van der Waals surface area contributed by atoms with Gasteiger partial charge in [-0.2, -0.15) is 0 Å². The molecule has 0 heterocycles. The summed E-state index contributed by atoms with van der Waals surface area (Å²) in [5, 5.41) is 5.29. The number of allylic oxidation sites excluding steroid dienone is 2. The lowest BCUT2D eigenvalue weighted by atomic mass is 10.1. The summed E-state index contributed by atoms with van der Waals surface area (Å²) < 4.78 is 5.07. The van der Waals surface area contributed by atoms with Gasteiger partial charge in [0, 0.05) is 18.3 Å². The Labute approximate surface area is 181 Å². The van der Waals surface area contributed by atoms with Crippen LogP contribution in [0.1, 0.15) is 26.3 Å². The number of carbonyl (C=O) groups excluding carboxylic acids is 3. The molecule has 0 bridgehead atoms. The molecule has 8 nitrogen and oxygen atoms in total. The lowest BCUT2D eigenvalue weighted by Gasteiger charge is -2.12. The van der Waals surface area contributed by atoms with Crippen molar-refractivity contribution in [2.24, 2.45) is 10.7 Å². The number of nitrogens with two attached hydrogens (primary N) is 1. The van der Waals surface area contributed by atoms with E-state index in [-0.39, 0.29) is 12.3 Å². The molecular weight excluding hydrogens is 396 g/mol. The molecule has 2 aromatic rings. The molecule has 2 aromatic carbocycles. The number of anilines is 1. The largest absolute Gasteiger partial charge is 0.455 e. The van der Waals surface area contributed by atoms with E-state index in [1.165, 1.54) is 6.92 Å². The number of amides is 2. The van der Waals surface area contributed by atoms with Gasteiger partial charge >= 0.3 is 5.97 Å². The number of rotatable bonds is 8. The second-order valence-corrected chi connectivity index (χ2v) is 6.86. The van der Waals surface area contributed by atoms with Crippen molar-refractivity contribution in [3.05, 3.63) is 71.6 Å². The number of esters is 1. The predicted octanol–water partition coefficient (Wildman–Crippen LogP) is 2.83. The average molecular weight is 422 g/mol.